The van der Waals surface area contributed by atoms with E-state index in [0.717, 1.165) is 5.56 Å². The van der Waals surface area contributed by atoms with Gasteiger partial charge in [-0.3, -0.25) is 0 Å². The predicted octanol–water partition coefficient (Wildman–Crippen LogP) is 1.48. The van der Waals surface area contributed by atoms with E-state index in [-0.39, 0.29) is 6.61 Å². The molecule has 0 aromatic heterocycles. The van der Waals surface area contributed by atoms with Gasteiger partial charge in [0.1, 0.15) is 6.61 Å². The largest absolute Gasteiger partial charge is 0.507 e. The summed E-state index contributed by atoms with van der Waals surface area (Å²) in [5.41, 5.74) is 0.814. The number of rotatable bonds is 2. The van der Waals surface area contributed by atoms with Gasteiger partial charge < -0.3 is 14.6 Å². The molecule has 5 heteroatoms. The highest BCUT2D eigenvalue weighted by molar-refractivity contribution is 5.95. The Morgan fingerprint density at radius 2 is 2.20 bits per heavy atom. The Morgan fingerprint density at radius 3 is 2.87 bits per heavy atom. The maximum atomic E-state index is 10.3. The van der Waals surface area contributed by atoms with Gasteiger partial charge >= 0.3 is 6.16 Å². The molecule has 1 aliphatic rings. The molecule has 5 nitrogen and oxygen atoms in total. The molecule has 0 radical (unpaired) electrons. The molecule has 0 saturated carbocycles. The van der Waals surface area contributed by atoms with Crippen LogP contribution >= 0.6 is 0 Å². The molecule has 0 fully saturated rings. The van der Waals surface area contributed by atoms with Gasteiger partial charge in [-0.1, -0.05) is 18.2 Å². The summed E-state index contributed by atoms with van der Waals surface area (Å²) in [6.07, 6.45) is -2.10. The summed E-state index contributed by atoms with van der Waals surface area (Å²) in [7, 11) is 0. The normalized spacial score (nSPS) is 19.2. The Bertz CT molecular complexity index is 388. The van der Waals surface area contributed by atoms with Crippen molar-refractivity contribution in [2.24, 2.45) is 4.99 Å². The maximum Gasteiger partial charge on any atom is 0.507 e. The number of benzene rings is 1. The van der Waals surface area contributed by atoms with E-state index < -0.39 is 12.4 Å². The van der Waals surface area contributed by atoms with Crippen molar-refractivity contribution >= 4 is 12.1 Å². The van der Waals surface area contributed by atoms with Crippen molar-refractivity contribution in [1.82, 2.24) is 0 Å². The van der Waals surface area contributed by atoms with Crippen LogP contribution in [0.25, 0.3) is 0 Å². The van der Waals surface area contributed by atoms with Crippen molar-refractivity contribution in [2.75, 3.05) is 6.61 Å². The van der Waals surface area contributed by atoms with E-state index in [2.05, 4.69) is 9.73 Å². The van der Waals surface area contributed by atoms with Crippen molar-refractivity contribution in [2.45, 2.75) is 6.23 Å². The first kappa shape index (κ1) is 9.51. The molecule has 1 atom stereocenters. The van der Waals surface area contributed by atoms with Crippen LogP contribution in [0.3, 0.4) is 0 Å². The lowest BCUT2D eigenvalue weighted by molar-refractivity contribution is 0.0439. The topological polar surface area (TPSA) is 68.1 Å². The summed E-state index contributed by atoms with van der Waals surface area (Å²) in [5.74, 6) is 0.418. The lowest BCUT2D eigenvalue weighted by Crippen LogP contribution is -2.15. The fraction of sp³-hybridized carbons (Fsp3) is 0.200. The molecule has 1 heterocycles. The zero-order valence-electron chi connectivity index (χ0n) is 7.79. The minimum Gasteiger partial charge on any atom is -0.471 e. The van der Waals surface area contributed by atoms with Crippen molar-refractivity contribution in [3.8, 4) is 0 Å². The van der Waals surface area contributed by atoms with Gasteiger partial charge in [-0.25, -0.2) is 9.79 Å². The van der Waals surface area contributed by atoms with Gasteiger partial charge in [0.2, 0.25) is 12.1 Å². The molecule has 1 aromatic carbocycles. The van der Waals surface area contributed by atoms with Crippen LogP contribution < -0.4 is 0 Å². The highest BCUT2D eigenvalue weighted by atomic mass is 16.7. The van der Waals surface area contributed by atoms with Crippen molar-refractivity contribution in [1.29, 1.82) is 0 Å². The van der Waals surface area contributed by atoms with Gasteiger partial charge in [0, 0.05) is 5.56 Å². The van der Waals surface area contributed by atoms with Crippen LogP contribution in [0.15, 0.2) is 35.3 Å². The van der Waals surface area contributed by atoms with Gasteiger partial charge in [0.25, 0.3) is 0 Å². The average Bonchev–Trinajstić information content (AvgIpc) is 2.67. The first-order valence-electron chi connectivity index (χ1n) is 4.41. The van der Waals surface area contributed by atoms with Crippen LogP contribution in [0, 0.1) is 0 Å². The Balaban J connectivity index is 2.10. The molecule has 1 unspecified atom stereocenters. The van der Waals surface area contributed by atoms with Crippen molar-refractivity contribution in [3.05, 3.63) is 35.9 Å². The summed E-state index contributed by atoms with van der Waals surface area (Å²) in [4.78, 5) is 14.2. The number of aliphatic imine (C=N–C) groups is 1. The van der Waals surface area contributed by atoms with Gasteiger partial charge in [0.05, 0.1) is 0 Å². The Labute approximate surface area is 86.0 Å². The van der Waals surface area contributed by atoms with E-state index in [1.807, 2.05) is 30.3 Å². The number of carboxylic acid groups (broad SMARTS) is 1. The zero-order valence-corrected chi connectivity index (χ0v) is 7.79. The molecule has 15 heavy (non-hydrogen) atoms. The van der Waals surface area contributed by atoms with Gasteiger partial charge in [-0.2, -0.15) is 0 Å². The second-order valence-corrected chi connectivity index (χ2v) is 2.95. The summed E-state index contributed by atoms with van der Waals surface area (Å²) in [6.45, 7) is 0.135. The SMILES string of the molecule is O=C(O)OC1COC(c2ccccc2)=N1. The summed E-state index contributed by atoms with van der Waals surface area (Å²) < 4.78 is 9.68. The monoisotopic (exact) mass is 207 g/mol. The number of nitrogens with zero attached hydrogens (tertiary/aromatic N) is 1. The number of hydrogen-bond acceptors (Lipinski definition) is 4. The van der Waals surface area contributed by atoms with Gasteiger partial charge in [0.15, 0.2) is 0 Å². The lowest BCUT2D eigenvalue weighted by atomic mass is 10.2. The molecular weight excluding hydrogens is 198 g/mol. The van der Waals surface area contributed by atoms with E-state index in [1.165, 1.54) is 0 Å². The number of ether oxygens (including phenoxy) is 2. The quantitative estimate of drug-likeness (QED) is 0.746. The molecular formula is C10H9NO4. The Morgan fingerprint density at radius 1 is 1.47 bits per heavy atom. The molecule has 0 amide bonds. The highest BCUT2D eigenvalue weighted by Gasteiger charge is 2.22. The molecule has 1 aromatic rings. The maximum absolute atomic E-state index is 10.3. The number of hydrogen-bond donors (Lipinski definition) is 1. The van der Waals surface area contributed by atoms with Crippen LogP contribution in [0.5, 0.6) is 0 Å². The fourth-order valence-electron chi connectivity index (χ4n) is 1.27. The third-order valence-corrected chi connectivity index (χ3v) is 1.88. The third kappa shape index (κ3) is 2.25. The van der Waals surface area contributed by atoms with Gasteiger partial charge in [-0.15, -0.1) is 0 Å². The van der Waals surface area contributed by atoms with Crippen LogP contribution in [0.2, 0.25) is 0 Å². The second kappa shape index (κ2) is 4.00. The van der Waals surface area contributed by atoms with Crippen LogP contribution in [-0.2, 0) is 9.47 Å². The zero-order chi connectivity index (χ0) is 10.7. The van der Waals surface area contributed by atoms with E-state index >= 15 is 0 Å². The summed E-state index contributed by atoms with van der Waals surface area (Å²) in [6, 6.07) is 9.26. The van der Waals surface area contributed by atoms with Crippen LogP contribution in [0.4, 0.5) is 4.79 Å². The van der Waals surface area contributed by atoms with Crippen LogP contribution in [-0.4, -0.2) is 30.0 Å². The van der Waals surface area contributed by atoms with Crippen LogP contribution in [0.1, 0.15) is 5.56 Å². The fourth-order valence-corrected chi connectivity index (χ4v) is 1.27. The Kier molecular flexibility index (Phi) is 2.53. The second-order valence-electron chi connectivity index (χ2n) is 2.95. The molecule has 0 spiro atoms. The van der Waals surface area contributed by atoms with Gasteiger partial charge in [-0.05, 0) is 12.1 Å². The van der Waals surface area contributed by atoms with Crippen molar-refractivity contribution in [3.63, 3.8) is 0 Å². The molecule has 0 saturated heterocycles. The first-order valence-corrected chi connectivity index (χ1v) is 4.41. The summed E-state index contributed by atoms with van der Waals surface area (Å²) >= 11 is 0. The highest BCUT2D eigenvalue weighted by Crippen LogP contribution is 2.12. The van der Waals surface area contributed by atoms with Crippen molar-refractivity contribution < 1.29 is 19.4 Å². The first-order chi connectivity index (χ1) is 7.25. The average molecular weight is 207 g/mol. The molecule has 78 valence electrons. The predicted molar refractivity (Wildman–Crippen MR) is 51.8 cm³/mol. The molecule has 2 rings (SSSR count). The smallest absolute Gasteiger partial charge is 0.471 e. The molecule has 1 N–H and O–H groups in total. The standard InChI is InChI=1S/C10H9NO4/c12-10(13)15-8-6-14-9(11-8)7-4-2-1-3-5-7/h1-5,8H,6H2,(H,12,13). The van der Waals surface area contributed by atoms with E-state index in [4.69, 9.17) is 9.84 Å². The number of carbonyl (C=O) groups is 1. The Hall–Kier alpha value is -2.04. The lowest BCUT2D eigenvalue weighted by Gasteiger charge is -2.01. The third-order valence-electron chi connectivity index (χ3n) is 1.88. The van der Waals surface area contributed by atoms with E-state index in [9.17, 15) is 4.79 Å². The molecule has 0 bridgehead atoms. The molecule has 1 aliphatic heterocycles. The van der Waals surface area contributed by atoms with E-state index in [1.54, 1.807) is 0 Å². The summed E-state index contributed by atoms with van der Waals surface area (Å²) in [5, 5.41) is 8.38. The minimum atomic E-state index is -1.35. The minimum absolute atomic E-state index is 0.135. The molecule has 0 aliphatic carbocycles. The van der Waals surface area contributed by atoms with E-state index in [0.29, 0.717) is 5.90 Å².